The highest BCUT2D eigenvalue weighted by Crippen LogP contribution is 2.32. The van der Waals surface area contributed by atoms with Gasteiger partial charge in [-0.05, 0) is 50.3 Å². The summed E-state index contributed by atoms with van der Waals surface area (Å²) in [5.74, 6) is 0.580. The Morgan fingerprint density at radius 2 is 2.00 bits per heavy atom. The van der Waals surface area contributed by atoms with Crippen molar-refractivity contribution < 1.29 is 9.50 Å². The fourth-order valence-corrected chi connectivity index (χ4v) is 2.87. The molecule has 106 valence electrons. The molecule has 1 heterocycles. The summed E-state index contributed by atoms with van der Waals surface area (Å²) in [7, 11) is 0. The highest BCUT2D eigenvalue weighted by Gasteiger charge is 2.22. The highest BCUT2D eigenvalue weighted by molar-refractivity contribution is 5.57. The lowest BCUT2D eigenvalue weighted by molar-refractivity contribution is 0.199. The van der Waals surface area contributed by atoms with Gasteiger partial charge in [-0.15, -0.1) is 0 Å². The van der Waals surface area contributed by atoms with Crippen LogP contribution in [0.25, 0.3) is 0 Å². The Hall–Kier alpha value is -1.09. The molecule has 0 bridgehead atoms. The van der Waals surface area contributed by atoms with Crippen LogP contribution in [0.1, 0.15) is 50.3 Å². The Labute approximate surface area is 115 Å². The number of aliphatic hydroxyl groups excluding tert-OH is 1. The van der Waals surface area contributed by atoms with Crippen molar-refractivity contribution in [2.75, 3.05) is 18.0 Å². The molecule has 1 N–H and O–H groups in total. The average molecular weight is 265 g/mol. The molecule has 0 spiro atoms. The first-order valence-electron chi connectivity index (χ1n) is 7.26. The maximum absolute atomic E-state index is 13.7. The molecule has 1 saturated heterocycles. The van der Waals surface area contributed by atoms with Crippen LogP contribution < -0.4 is 4.90 Å². The van der Waals surface area contributed by atoms with Crippen LogP contribution in [0.15, 0.2) is 12.1 Å². The zero-order chi connectivity index (χ0) is 14.0. The summed E-state index contributed by atoms with van der Waals surface area (Å²) in [6, 6.07) is 3.37. The van der Waals surface area contributed by atoms with Gasteiger partial charge in [0.05, 0.1) is 6.10 Å². The van der Waals surface area contributed by atoms with Crippen molar-refractivity contribution in [2.24, 2.45) is 5.92 Å². The van der Waals surface area contributed by atoms with Crippen LogP contribution in [0.3, 0.4) is 0 Å². The van der Waals surface area contributed by atoms with Crippen LogP contribution in [0.2, 0.25) is 0 Å². The predicted octanol–water partition coefficient (Wildman–Crippen LogP) is 3.81. The van der Waals surface area contributed by atoms with Gasteiger partial charge in [-0.25, -0.2) is 4.39 Å². The lowest BCUT2D eigenvalue weighted by Gasteiger charge is -2.35. The molecule has 0 radical (unpaired) electrons. The van der Waals surface area contributed by atoms with Crippen molar-refractivity contribution in [3.05, 3.63) is 29.1 Å². The number of hydrogen-bond donors (Lipinski definition) is 1. The zero-order valence-electron chi connectivity index (χ0n) is 12.1. The van der Waals surface area contributed by atoms with Gasteiger partial charge in [0.1, 0.15) is 5.82 Å². The number of halogens is 1. The van der Waals surface area contributed by atoms with E-state index in [-0.39, 0.29) is 5.82 Å². The molecule has 19 heavy (non-hydrogen) atoms. The van der Waals surface area contributed by atoms with Crippen LogP contribution in [-0.2, 0) is 0 Å². The minimum Gasteiger partial charge on any atom is -0.389 e. The summed E-state index contributed by atoms with van der Waals surface area (Å²) in [6.07, 6.45) is 2.98. The van der Waals surface area contributed by atoms with Crippen molar-refractivity contribution in [3.8, 4) is 0 Å². The van der Waals surface area contributed by atoms with Crippen LogP contribution >= 0.6 is 0 Å². The first-order chi connectivity index (χ1) is 9.02. The second kappa shape index (κ2) is 5.91. The molecule has 0 aromatic heterocycles. The zero-order valence-corrected chi connectivity index (χ0v) is 12.1. The van der Waals surface area contributed by atoms with E-state index in [1.807, 2.05) is 6.07 Å². The summed E-state index contributed by atoms with van der Waals surface area (Å²) >= 11 is 0. The van der Waals surface area contributed by atoms with Crippen molar-refractivity contribution in [1.82, 2.24) is 0 Å². The lowest BCUT2D eigenvalue weighted by atomic mass is 9.93. The fraction of sp³-hybridized carbons (Fsp3) is 0.625. The molecule has 2 rings (SSSR count). The minimum absolute atomic E-state index is 0.233. The van der Waals surface area contributed by atoms with Crippen LogP contribution in [0.5, 0.6) is 0 Å². The Kier molecular flexibility index (Phi) is 4.46. The van der Waals surface area contributed by atoms with Crippen molar-refractivity contribution in [2.45, 2.75) is 46.1 Å². The monoisotopic (exact) mass is 265 g/mol. The van der Waals surface area contributed by atoms with E-state index < -0.39 is 6.10 Å². The van der Waals surface area contributed by atoms with E-state index in [4.69, 9.17) is 0 Å². The number of rotatable bonds is 3. The standard InChI is InChI=1S/C16H24FNO/c1-4-13-5-7-18(8-6-13)16-9-11(2)15(17)10-14(16)12(3)19/h9-10,12-13,19H,4-8H2,1-3H3/t12-/m0/s1. The number of aliphatic hydroxyl groups is 1. The lowest BCUT2D eigenvalue weighted by Crippen LogP contribution is -2.34. The van der Waals surface area contributed by atoms with Crippen LogP contribution in [0, 0.1) is 18.7 Å². The number of anilines is 1. The average Bonchev–Trinajstić information content (AvgIpc) is 2.41. The van der Waals surface area contributed by atoms with Gasteiger partial charge < -0.3 is 10.0 Å². The maximum atomic E-state index is 13.7. The molecular weight excluding hydrogens is 241 g/mol. The van der Waals surface area contributed by atoms with E-state index in [1.165, 1.54) is 25.3 Å². The normalized spacial score (nSPS) is 18.7. The first-order valence-corrected chi connectivity index (χ1v) is 7.26. The predicted molar refractivity (Wildman–Crippen MR) is 77.0 cm³/mol. The molecule has 0 saturated carbocycles. The number of hydrogen-bond acceptors (Lipinski definition) is 2. The molecule has 1 aliphatic rings. The molecule has 3 heteroatoms. The molecule has 1 atom stereocenters. The summed E-state index contributed by atoms with van der Waals surface area (Å²) in [6.45, 7) is 7.73. The maximum Gasteiger partial charge on any atom is 0.126 e. The van der Waals surface area contributed by atoms with Crippen molar-refractivity contribution in [1.29, 1.82) is 0 Å². The molecule has 0 unspecified atom stereocenters. The number of piperidine rings is 1. The van der Waals surface area contributed by atoms with Gasteiger partial charge in [-0.2, -0.15) is 0 Å². The van der Waals surface area contributed by atoms with Gasteiger partial charge in [0.15, 0.2) is 0 Å². The summed E-state index contributed by atoms with van der Waals surface area (Å²) < 4.78 is 13.7. The third-order valence-corrected chi connectivity index (χ3v) is 4.29. The van der Waals surface area contributed by atoms with E-state index in [2.05, 4.69) is 11.8 Å². The molecule has 1 fully saturated rings. The number of benzene rings is 1. The van der Waals surface area contributed by atoms with Crippen LogP contribution in [-0.4, -0.2) is 18.2 Å². The third-order valence-electron chi connectivity index (χ3n) is 4.29. The quantitative estimate of drug-likeness (QED) is 0.898. The summed E-state index contributed by atoms with van der Waals surface area (Å²) in [4.78, 5) is 2.29. The largest absolute Gasteiger partial charge is 0.389 e. The number of aryl methyl sites for hydroxylation is 1. The van der Waals surface area contributed by atoms with Gasteiger partial charge in [-0.1, -0.05) is 13.3 Å². The molecule has 1 aromatic carbocycles. The summed E-state index contributed by atoms with van der Waals surface area (Å²) in [5.41, 5.74) is 2.36. The van der Waals surface area contributed by atoms with E-state index in [1.54, 1.807) is 13.8 Å². The first kappa shape index (κ1) is 14.3. The Balaban J connectivity index is 2.26. The second-order valence-corrected chi connectivity index (χ2v) is 5.67. The van der Waals surface area contributed by atoms with Gasteiger partial charge in [-0.3, -0.25) is 0 Å². The SMILES string of the molecule is CCC1CCN(c2cc(C)c(F)cc2[C@H](C)O)CC1. The second-order valence-electron chi connectivity index (χ2n) is 5.67. The summed E-state index contributed by atoms with van der Waals surface area (Å²) in [5, 5.41) is 9.86. The van der Waals surface area contributed by atoms with E-state index >= 15 is 0 Å². The minimum atomic E-state index is -0.631. The molecule has 0 aliphatic carbocycles. The third kappa shape index (κ3) is 3.08. The Morgan fingerprint density at radius 1 is 1.37 bits per heavy atom. The van der Waals surface area contributed by atoms with Crippen LogP contribution in [0.4, 0.5) is 10.1 Å². The molecule has 2 nitrogen and oxygen atoms in total. The van der Waals surface area contributed by atoms with Gasteiger partial charge in [0.25, 0.3) is 0 Å². The van der Waals surface area contributed by atoms with E-state index in [0.29, 0.717) is 11.1 Å². The van der Waals surface area contributed by atoms with Crippen molar-refractivity contribution >= 4 is 5.69 Å². The Morgan fingerprint density at radius 3 is 2.53 bits per heavy atom. The van der Waals surface area contributed by atoms with E-state index in [9.17, 15) is 9.50 Å². The van der Waals surface area contributed by atoms with Gasteiger partial charge in [0, 0.05) is 24.3 Å². The van der Waals surface area contributed by atoms with Crippen molar-refractivity contribution in [3.63, 3.8) is 0 Å². The topological polar surface area (TPSA) is 23.5 Å². The molecule has 1 aromatic rings. The number of nitrogens with zero attached hydrogens (tertiary/aromatic N) is 1. The fourth-order valence-electron chi connectivity index (χ4n) is 2.87. The van der Waals surface area contributed by atoms with Gasteiger partial charge in [0.2, 0.25) is 0 Å². The molecule has 0 amide bonds. The van der Waals surface area contributed by atoms with E-state index in [0.717, 1.165) is 24.7 Å². The Bertz CT molecular complexity index is 437. The molecule has 1 aliphatic heterocycles. The molecular formula is C16H24FNO. The van der Waals surface area contributed by atoms with Gasteiger partial charge >= 0.3 is 0 Å². The highest BCUT2D eigenvalue weighted by atomic mass is 19.1. The smallest absolute Gasteiger partial charge is 0.126 e.